The highest BCUT2D eigenvalue weighted by Gasteiger charge is 2.40. The van der Waals surface area contributed by atoms with Gasteiger partial charge in [0.2, 0.25) is 5.91 Å². The zero-order valence-electron chi connectivity index (χ0n) is 13.2. The van der Waals surface area contributed by atoms with E-state index in [0.717, 1.165) is 12.8 Å². The number of nitrogens with zero attached hydrogens (tertiary/aromatic N) is 3. The lowest BCUT2D eigenvalue weighted by Crippen LogP contribution is -2.53. The van der Waals surface area contributed by atoms with E-state index in [2.05, 4.69) is 4.98 Å². The number of hydrogen-bond acceptors (Lipinski definition) is 4. The third-order valence-electron chi connectivity index (χ3n) is 4.93. The number of morpholine rings is 1. The fourth-order valence-corrected chi connectivity index (χ4v) is 3.76. The predicted molar refractivity (Wildman–Crippen MR) is 81.3 cm³/mol. The van der Waals surface area contributed by atoms with Crippen LogP contribution in [0.1, 0.15) is 25.7 Å². The SMILES string of the molecule is COC1CCCC1C1COCCN1C(=O)CCn1ccnc1. The van der Waals surface area contributed by atoms with E-state index in [-0.39, 0.29) is 18.1 Å². The van der Waals surface area contributed by atoms with Gasteiger partial charge < -0.3 is 18.9 Å². The van der Waals surface area contributed by atoms with Crippen molar-refractivity contribution in [2.75, 3.05) is 26.9 Å². The number of ether oxygens (including phenoxy) is 2. The average molecular weight is 307 g/mol. The normalized spacial score (nSPS) is 29.0. The summed E-state index contributed by atoms with van der Waals surface area (Å²) in [7, 11) is 1.78. The molecule has 0 radical (unpaired) electrons. The zero-order chi connectivity index (χ0) is 15.4. The Morgan fingerprint density at radius 3 is 3.14 bits per heavy atom. The number of aromatic nitrogens is 2. The van der Waals surface area contributed by atoms with Gasteiger partial charge in [-0.25, -0.2) is 4.98 Å². The van der Waals surface area contributed by atoms with E-state index in [1.165, 1.54) is 6.42 Å². The summed E-state index contributed by atoms with van der Waals surface area (Å²) in [5.41, 5.74) is 0. The second kappa shape index (κ2) is 7.24. The Morgan fingerprint density at radius 1 is 1.45 bits per heavy atom. The van der Waals surface area contributed by atoms with Crippen molar-refractivity contribution in [1.29, 1.82) is 0 Å². The molecule has 1 aromatic heterocycles. The minimum atomic E-state index is 0.163. The van der Waals surface area contributed by atoms with Gasteiger partial charge in [0.05, 0.1) is 31.7 Å². The van der Waals surface area contributed by atoms with Crippen molar-refractivity contribution in [3.8, 4) is 0 Å². The molecule has 6 heteroatoms. The van der Waals surface area contributed by atoms with Crippen molar-refractivity contribution in [3.63, 3.8) is 0 Å². The second-order valence-corrected chi connectivity index (χ2v) is 6.15. The van der Waals surface area contributed by atoms with Gasteiger partial charge in [0.25, 0.3) is 0 Å². The van der Waals surface area contributed by atoms with E-state index >= 15 is 0 Å². The van der Waals surface area contributed by atoms with E-state index < -0.39 is 0 Å². The highest BCUT2D eigenvalue weighted by molar-refractivity contribution is 5.76. The molecule has 1 amide bonds. The summed E-state index contributed by atoms with van der Waals surface area (Å²) < 4.78 is 13.2. The predicted octanol–water partition coefficient (Wildman–Crippen LogP) is 1.32. The van der Waals surface area contributed by atoms with Crippen LogP contribution in [0.4, 0.5) is 0 Å². The number of carbonyl (C=O) groups is 1. The van der Waals surface area contributed by atoms with Gasteiger partial charge in [-0.05, 0) is 12.8 Å². The molecule has 1 saturated carbocycles. The Balaban J connectivity index is 1.62. The zero-order valence-corrected chi connectivity index (χ0v) is 13.2. The first kappa shape index (κ1) is 15.5. The molecule has 122 valence electrons. The maximum Gasteiger partial charge on any atom is 0.224 e. The van der Waals surface area contributed by atoms with E-state index in [0.29, 0.717) is 38.6 Å². The van der Waals surface area contributed by atoms with E-state index in [9.17, 15) is 4.79 Å². The van der Waals surface area contributed by atoms with Crippen LogP contribution in [0, 0.1) is 5.92 Å². The van der Waals surface area contributed by atoms with Crippen LogP contribution in [-0.2, 0) is 20.8 Å². The lowest BCUT2D eigenvalue weighted by atomic mass is 9.94. The molecular weight excluding hydrogens is 282 g/mol. The molecule has 1 aliphatic heterocycles. The standard InChI is InChI=1S/C16H25N3O3/c1-21-15-4-2-3-13(15)14-11-22-10-9-19(14)16(20)5-7-18-8-6-17-12-18/h6,8,12-15H,2-5,7,9-11H2,1H3. The number of methoxy groups -OCH3 is 1. The van der Waals surface area contributed by atoms with Gasteiger partial charge in [-0.15, -0.1) is 0 Å². The van der Waals surface area contributed by atoms with Crippen molar-refractivity contribution in [1.82, 2.24) is 14.5 Å². The molecule has 2 fully saturated rings. The highest BCUT2D eigenvalue weighted by Crippen LogP contribution is 2.34. The number of hydrogen-bond donors (Lipinski definition) is 0. The minimum Gasteiger partial charge on any atom is -0.381 e. The van der Waals surface area contributed by atoms with Crippen LogP contribution in [-0.4, -0.2) is 59.4 Å². The van der Waals surface area contributed by atoms with Crippen LogP contribution in [0.5, 0.6) is 0 Å². The van der Waals surface area contributed by atoms with Gasteiger partial charge in [0, 0.05) is 44.9 Å². The van der Waals surface area contributed by atoms with Gasteiger partial charge >= 0.3 is 0 Å². The molecule has 6 nitrogen and oxygen atoms in total. The largest absolute Gasteiger partial charge is 0.381 e. The molecule has 22 heavy (non-hydrogen) atoms. The molecule has 3 unspecified atom stereocenters. The monoisotopic (exact) mass is 307 g/mol. The Hall–Kier alpha value is -1.40. The molecule has 0 spiro atoms. The Kier molecular flexibility index (Phi) is 5.10. The summed E-state index contributed by atoms with van der Waals surface area (Å²) in [5, 5.41) is 0. The third-order valence-corrected chi connectivity index (χ3v) is 4.93. The number of amides is 1. The van der Waals surface area contributed by atoms with Crippen LogP contribution in [0.25, 0.3) is 0 Å². The fourth-order valence-electron chi connectivity index (χ4n) is 3.76. The van der Waals surface area contributed by atoms with E-state index in [1.807, 2.05) is 15.7 Å². The van der Waals surface area contributed by atoms with Crippen LogP contribution in [0.3, 0.4) is 0 Å². The van der Waals surface area contributed by atoms with Gasteiger partial charge in [-0.3, -0.25) is 4.79 Å². The summed E-state index contributed by atoms with van der Waals surface area (Å²) in [5.74, 6) is 0.617. The minimum absolute atomic E-state index is 0.163. The summed E-state index contributed by atoms with van der Waals surface area (Å²) >= 11 is 0. The van der Waals surface area contributed by atoms with Crippen molar-refractivity contribution in [2.24, 2.45) is 5.92 Å². The molecule has 0 bridgehead atoms. The summed E-state index contributed by atoms with van der Waals surface area (Å²) in [4.78, 5) is 18.7. The second-order valence-electron chi connectivity index (χ2n) is 6.15. The van der Waals surface area contributed by atoms with Gasteiger partial charge in [0.15, 0.2) is 0 Å². The van der Waals surface area contributed by atoms with Crippen molar-refractivity contribution in [3.05, 3.63) is 18.7 Å². The van der Waals surface area contributed by atoms with Gasteiger partial charge in [-0.2, -0.15) is 0 Å². The van der Waals surface area contributed by atoms with Gasteiger partial charge in [-0.1, -0.05) is 6.42 Å². The van der Waals surface area contributed by atoms with E-state index in [4.69, 9.17) is 9.47 Å². The molecular formula is C16H25N3O3. The first-order chi connectivity index (χ1) is 10.8. The van der Waals surface area contributed by atoms with Crippen molar-refractivity contribution < 1.29 is 14.3 Å². The lowest BCUT2D eigenvalue weighted by molar-refractivity contribution is -0.144. The molecule has 0 aromatic carbocycles. The number of imidazole rings is 1. The number of carbonyl (C=O) groups excluding carboxylic acids is 1. The first-order valence-corrected chi connectivity index (χ1v) is 8.15. The quantitative estimate of drug-likeness (QED) is 0.823. The smallest absolute Gasteiger partial charge is 0.224 e. The molecule has 1 saturated heterocycles. The maximum absolute atomic E-state index is 12.7. The Morgan fingerprint density at radius 2 is 2.36 bits per heavy atom. The Labute approximate surface area is 131 Å². The fraction of sp³-hybridized carbons (Fsp3) is 0.750. The molecule has 1 aliphatic carbocycles. The van der Waals surface area contributed by atoms with Crippen molar-refractivity contribution in [2.45, 2.75) is 44.4 Å². The van der Waals surface area contributed by atoms with Crippen LogP contribution >= 0.6 is 0 Å². The van der Waals surface area contributed by atoms with Crippen molar-refractivity contribution >= 4 is 5.91 Å². The highest BCUT2D eigenvalue weighted by atomic mass is 16.5. The summed E-state index contributed by atoms with van der Waals surface area (Å²) in [6, 6.07) is 0.163. The topological polar surface area (TPSA) is 56.6 Å². The molecule has 3 rings (SSSR count). The summed E-state index contributed by atoms with van der Waals surface area (Å²) in [6.07, 6.45) is 9.55. The maximum atomic E-state index is 12.7. The lowest BCUT2D eigenvalue weighted by Gasteiger charge is -2.40. The number of aryl methyl sites for hydroxylation is 1. The first-order valence-electron chi connectivity index (χ1n) is 8.15. The molecule has 2 aliphatic rings. The summed E-state index contributed by atoms with van der Waals surface area (Å²) in [6.45, 7) is 2.65. The Bertz CT molecular complexity index is 477. The average Bonchev–Trinajstić information content (AvgIpc) is 3.23. The van der Waals surface area contributed by atoms with Crippen LogP contribution in [0.15, 0.2) is 18.7 Å². The number of rotatable bonds is 5. The van der Waals surface area contributed by atoms with Gasteiger partial charge in [0.1, 0.15) is 0 Å². The van der Waals surface area contributed by atoms with E-state index in [1.54, 1.807) is 19.6 Å². The van der Waals surface area contributed by atoms with Crippen LogP contribution in [0.2, 0.25) is 0 Å². The third kappa shape index (κ3) is 3.33. The molecule has 2 heterocycles. The molecule has 0 N–H and O–H groups in total. The van der Waals surface area contributed by atoms with Crippen LogP contribution < -0.4 is 0 Å². The molecule has 1 aromatic rings. The molecule has 3 atom stereocenters.